The topological polar surface area (TPSA) is 63.7 Å². The molecule has 2 amide bonds. The number of pyridine rings is 1. The van der Waals surface area contributed by atoms with Crippen LogP contribution in [0.5, 0.6) is 5.75 Å². The maximum absolute atomic E-state index is 12.1. The quantitative estimate of drug-likeness (QED) is 0.584. The predicted octanol–water partition coefficient (Wildman–Crippen LogP) is 5.10. The van der Waals surface area contributed by atoms with E-state index in [1.54, 1.807) is 4.90 Å². The summed E-state index contributed by atoms with van der Waals surface area (Å²) < 4.78 is 6.16. The number of carbonyl (C=O) groups is 1. The zero-order chi connectivity index (χ0) is 21.8. The third-order valence-electron chi connectivity index (χ3n) is 5.57. The van der Waals surface area contributed by atoms with Crippen molar-refractivity contribution in [3.63, 3.8) is 0 Å². The van der Waals surface area contributed by atoms with E-state index in [1.807, 2.05) is 45.2 Å². The van der Waals surface area contributed by atoms with Gasteiger partial charge in [-0.1, -0.05) is 24.3 Å². The lowest BCUT2D eigenvalue weighted by Gasteiger charge is -2.32. The van der Waals surface area contributed by atoms with E-state index in [0.29, 0.717) is 13.1 Å². The van der Waals surface area contributed by atoms with Gasteiger partial charge in [0.2, 0.25) is 0 Å². The molecule has 0 atom stereocenters. The Hall–Kier alpha value is -3.12. The molecule has 1 aliphatic heterocycles. The lowest BCUT2D eigenvalue weighted by molar-refractivity contribution is 0.00228. The molecule has 31 heavy (non-hydrogen) atoms. The van der Waals surface area contributed by atoms with E-state index < -0.39 is 0 Å². The van der Waals surface area contributed by atoms with Crippen molar-refractivity contribution in [2.45, 2.75) is 45.8 Å². The Morgan fingerprint density at radius 2 is 1.77 bits per heavy atom. The zero-order valence-corrected chi connectivity index (χ0v) is 18.3. The zero-order valence-electron chi connectivity index (χ0n) is 18.3. The summed E-state index contributed by atoms with van der Waals surface area (Å²) in [5, 5.41) is 2.38. The van der Waals surface area contributed by atoms with Crippen LogP contribution in [0.25, 0.3) is 21.9 Å². The van der Waals surface area contributed by atoms with Crippen LogP contribution in [0.3, 0.4) is 0 Å². The normalized spacial score (nSPS) is 14.8. The summed E-state index contributed by atoms with van der Waals surface area (Å²) in [6.07, 6.45) is 3.52. The van der Waals surface area contributed by atoms with Gasteiger partial charge >= 0.3 is 6.03 Å². The predicted molar refractivity (Wildman–Crippen MR) is 122 cm³/mol. The third-order valence-corrected chi connectivity index (χ3v) is 5.57. The Bertz CT molecular complexity index is 1040. The minimum absolute atomic E-state index is 0.0384. The first-order valence-corrected chi connectivity index (χ1v) is 10.8. The highest BCUT2D eigenvalue weighted by molar-refractivity contribution is 5.88. The molecule has 1 aliphatic rings. The van der Waals surface area contributed by atoms with E-state index in [-0.39, 0.29) is 18.2 Å². The summed E-state index contributed by atoms with van der Waals surface area (Å²) in [6.45, 7) is 7.10. The van der Waals surface area contributed by atoms with Gasteiger partial charge in [0, 0.05) is 43.2 Å². The summed E-state index contributed by atoms with van der Waals surface area (Å²) in [6, 6.07) is 16.6. The number of nitrogens with zero attached hydrogens (tertiary/aromatic N) is 2. The fourth-order valence-corrected chi connectivity index (χ4v) is 3.84. The van der Waals surface area contributed by atoms with Crippen LogP contribution in [-0.4, -0.2) is 41.2 Å². The van der Waals surface area contributed by atoms with E-state index in [1.165, 1.54) is 16.3 Å². The molecule has 2 aromatic carbocycles. The van der Waals surface area contributed by atoms with Gasteiger partial charge in [-0.05, 0) is 61.5 Å². The van der Waals surface area contributed by atoms with Crippen molar-refractivity contribution in [2.75, 3.05) is 13.1 Å². The van der Waals surface area contributed by atoms with Crippen molar-refractivity contribution in [3.05, 3.63) is 60.4 Å². The smallest absolute Gasteiger partial charge is 0.341 e. The van der Waals surface area contributed by atoms with Crippen molar-refractivity contribution in [1.82, 2.24) is 15.4 Å². The Labute approximate surface area is 183 Å². The number of aryl methyl sites for hydroxylation is 1. The number of fused-ring (bicyclic) bond motifs is 1. The highest BCUT2D eigenvalue weighted by Gasteiger charge is 2.24. The summed E-state index contributed by atoms with van der Waals surface area (Å²) in [7, 11) is 0. The summed E-state index contributed by atoms with van der Waals surface area (Å²) >= 11 is 0. The molecule has 4 rings (SSSR count). The van der Waals surface area contributed by atoms with Gasteiger partial charge in [0.25, 0.3) is 0 Å². The third kappa shape index (κ3) is 5.14. The van der Waals surface area contributed by atoms with Gasteiger partial charge in [-0.3, -0.25) is 9.82 Å². The van der Waals surface area contributed by atoms with Gasteiger partial charge in [0.05, 0.1) is 6.10 Å². The van der Waals surface area contributed by atoms with Crippen molar-refractivity contribution in [3.8, 4) is 16.9 Å². The lowest BCUT2D eigenvalue weighted by atomic mass is 10.0. The molecule has 1 aromatic heterocycles. The molecule has 0 aliphatic carbocycles. The number of rotatable bonds is 5. The average molecular weight is 420 g/mol. The molecule has 1 N–H and O–H groups in total. The maximum Gasteiger partial charge on any atom is 0.341 e. The second kappa shape index (κ2) is 9.35. The number of amides is 2. The number of carbonyl (C=O) groups excluding carboxylic acids is 1. The SMILES string of the molecule is Cc1nccc2cc(-c3ccc(OC4CCN(C(=O)NOC(C)C)CC4)cc3)ccc12. The molecular weight excluding hydrogens is 390 g/mol. The second-order valence-electron chi connectivity index (χ2n) is 8.23. The molecule has 6 heteroatoms. The first kappa shape index (κ1) is 21.1. The fourth-order valence-electron chi connectivity index (χ4n) is 3.84. The van der Waals surface area contributed by atoms with Gasteiger partial charge in [0.1, 0.15) is 11.9 Å². The number of hydroxylamine groups is 1. The van der Waals surface area contributed by atoms with Crippen LogP contribution in [0.15, 0.2) is 54.7 Å². The first-order chi connectivity index (χ1) is 15.0. The monoisotopic (exact) mass is 419 g/mol. The van der Waals surface area contributed by atoms with E-state index in [4.69, 9.17) is 9.57 Å². The Balaban J connectivity index is 1.34. The Kier molecular flexibility index (Phi) is 6.37. The van der Waals surface area contributed by atoms with Crippen LogP contribution in [0.2, 0.25) is 0 Å². The number of nitrogens with one attached hydrogen (secondary N) is 1. The molecule has 0 radical (unpaired) electrons. The molecule has 1 saturated heterocycles. The summed E-state index contributed by atoms with van der Waals surface area (Å²) in [5.41, 5.74) is 5.87. The molecule has 162 valence electrons. The number of piperidine rings is 1. The Morgan fingerprint density at radius 1 is 1.06 bits per heavy atom. The molecule has 0 bridgehead atoms. The number of aromatic nitrogens is 1. The number of ether oxygens (including phenoxy) is 1. The molecule has 6 nitrogen and oxygen atoms in total. The van der Waals surface area contributed by atoms with Gasteiger partial charge in [-0.2, -0.15) is 0 Å². The van der Waals surface area contributed by atoms with Crippen LogP contribution in [0.4, 0.5) is 4.79 Å². The number of urea groups is 1. The molecule has 0 unspecified atom stereocenters. The van der Waals surface area contributed by atoms with Gasteiger partial charge in [-0.15, -0.1) is 0 Å². The molecule has 2 heterocycles. The van der Waals surface area contributed by atoms with Gasteiger partial charge in [0.15, 0.2) is 0 Å². The summed E-state index contributed by atoms with van der Waals surface area (Å²) in [5.74, 6) is 0.857. The molecule has 3 aromatic rings. The largest absolute Gasteiger partial charge is 0.490 e. The first-order valence-electron chi connectivity index (χ1n) is 10.8. The fraction of sp³-hybridized carbons (Fsp3) is 0.360. The highest BCUT2D eigenvalue weighted by Crippen LogP contribution is 2.28. The van der Waals surface area contributed by atoms with Crippen molar-refractivity contribution in [1.29, 1.82) is 0 Å². The van der Waals surface area contributed by atoms with Gasteiger partial charge in [-0.25, -0.2) is 10.3 Å². The lowest BCUT2D eigenvalue weighted by Crippen LogP contribution is -2.46. The molecular formula is C25H29N3O3. The van der Waals surface area contributed by atoms with Crippen molar-refractivity contribution >= 4 is 16.8 Å². The second-order valence-corrected chi connectivity index (χ2v) is 8.23. The molecule has 0 spiro atoms. The maximum atomic E-state index is 12.1. The van der Waals surface area contributed by atoms with Crippen LogP contribution in [0, 0.1) is 6.92 Å². The van der Waals surface area contributed by atoms with E-state index in [0.717, 1.165) is 29.8 Å². The molecule has 0 saturated carbocycles. The van der Waals surface area contributed by atoms with E-state index in [2.05, 4.69) is 40.8 Å². The van der Waals surface area contributed by atoms with Crippen molar-refractivity contribution < 1.29 is 14.4 Å². The van der Waals surface area contributed by atoms with Crippen molar-refractivity contribution in [2.24, 2.45) is 0 Å². The summed E-state index contributed by atoms with van der Waals surface area (Å²) in [4.78, 5) is 23.4. The number of likely N-dealkylation sites (tertiary alicyclic amines) is 1. The highest BCUT2D eigenvalue weighted by atomic mass is 16.7. The van der Waals surface area contributed by atoms with Gasteiger partial charge < -0.3 is 9.64 Å². The van der Waals surface area contributed by atoms with Crippen LogP contribution in [0.1, 0.15) is 32.4 Å². The Morgan fingerprint density at radius 3 is 2.48 bits per heavy atom. The average Bonchev–Trinajstić information content (AvgIpc) is 2.78. The van der Waals surface area contributed by atoms with Crippen LogP contribution < -0.4 is 10.2 Å². The van der Waals surface area contributed by atoms with Crippen LogP contribution >= 0.6 is 0 Å². The van der Waals surface area contributed by atoms with E-state index in [9.17, 15) is 4.79 Å². The van der Waals surface area contributed by atoms with E-state index >= 15 is 0 Å². The minimum atomic E-state index is -0.183. The minimum Gasteiger partial charge on any atom is -0.490 e. The molecule has 1 fully saturated rings. The number of benzene rings is 2. The van der Waals surface area contributed by atoms with Crippen LogP contribution in [-0.2, 0) is 4.84 Å². The number of hydrogen-bond donors (Lipinski definition) is 1. The number of hydrogen-bond acceptors (Lipinski definition) is 4. The standard InChI is InChI=1S/C25H29N3O3/c1-17(2)31-27-25(29)28-14-11-23(12-15-28)30-22-7-4-19(5-8-22)20-6-9-24-18(3)26-13-10-21(24)16-20/h4-10,13,16-17,23H,11-12,14-15H2,1-3H3,(H,27,29).